The molecule has 1 aliphatic rings. The maximum Gasteiger partial charge on any atom is 0.101 e. The average Bonchev–Trinajstić information content (AvgIpc) is 2.45. The second kappa shape index (κ2) is 1.64. The van der Waals surface area contributed by atoms with E-state index in [0.29, 0.717) is 0 Å². The smallest absolute Gasteiger partial charge is 0.101 e. The largest absolute Gasteiger partial charge is 0.469 e. The van der Waals surface area contributed by atoms with Crippen molar-refractivity contribution in [3.05, 3.63) is 23.7 Å². The highest BCUT2D eigenvalue weighted by Crippen LogP contribution is 2.45. The third kappa shape index (κ3) is 0.762. The predicted molar refractivity (Wildman–Crippen MR) is 36.6 cm³/mol. The second-order valence-corrected chi connectivity index (χ2v) is 2.98. The van der Waals surface area contributed by atoms with Crippen molar-refractivity contribution in [2.24, 2.45) is 0 Å². The Balaban J connectivity index is 2.34. The van der Waals surface area contributed by atoms with Crippen LogP contribution in [0.15, 0.2) is 16.7 Å². The second-order valence-electron chi connectivity index (χ2n) is 2.98. The van der Waals surface area contributed by atoms with Crippen LogP contribution in [0.4, 0.5) is 0 Å². The molecule has 0 bridgehead atoms. The minimum absolute atomic E-state index is 0.530. The molecule has 0 unspecified atom stereocenters. The van der Waals surface area contributed by atoms with Gasteiger partial charge in [0.1, 0.15) is 5.76 Å². The van der Waals surface area contributed by atoms with Crippen LogP contribution >= 0.6 is 0 Å². The molecule has 0 spiro atoms. The van der Waals surface area contributed by atoms with E-state index in [1.165, 1.54) is 0 Å². The number of furan rings is 1. The first-order valence-corrected chi connectivity index (χ1v) is 3.49. The molecule has 0 saturated heterocycles. The van der Waals surface area contributed by atoms with E-state index in [0.717, 1.165) is 24.2 Å². The van der Waals surface area contributed by atoms with Crippen LogP contribution in [0.2, 0.25) is 0 Å². The molecule has 2 rings (SSSR count). The van der Waals surface area contributed by atoms with Crippen LogP contribution in [-0.2, 0) is 5.60 Å². The lowest BCUT2D eigenvalue weighted by atomic mass is 10.2. The quantitative estimate of drug-likeness (QED) is 0.639. The minimum Gasteiger partial charge on any atom is -0.469 e. The molecule has 1 aromatic heterocycles. The van der Waals surface area contributed by atoms with Crippen molar-refractivity contribution in [2.75, 3.05) is 0 Å². The summed E-state index contributed by atoms with van der Waals surface area (Å²) in [5, 5.41) is 9.55. The van der Waals surface area contributed by atoms with Gasteiger partial charge in [0.15, 0.2) is 0 Å². The van der Waals surface area contributed by atoms with Gasteiger partial charge < -0.3 is 9.52 Å². The Morgan fingerprint density at radius 3 is 2.70 bits per heavy atom. The van der Waals surface area contributed by atoms with Crippen molar-refractivity contribution < 1.29 is 9.52 Å². The van der Waals surface area contributed by atoms with Gasteiger partial charge in [-0.2, -0.15) is 0 Å². The monoisotopic (exact) mass is 138 g/mol. The first kappa shape index (κ1) is 5.98. The molecule has 0 aliphatic heterocycles. The number of hydrogen-bond donors (Lipinski definition) is 1. The highest BCUT2D eigenvalue weighted by Gasteiger charge is 2.43. The Morgan fingerprint density at radius 2 is 2.30 bits per heavy atom. The van der Waals surface area contributed by atoms with Crippen LogP contribution in [0.1, 0.15) is 24.2 Å². The maximum atomic E-state index is 9.55. The van der Waals surface area contributed by atoms with Gasteiger partial charge in [0.2, 0.25) is 0 Å². The van der Waals surface area contributed by atoms with Crippen molar-refractivity contribution >= 4 is 0 Å². The summed E-state index contributed by atoms with van der Waals surface area (Å²) >= 11 is 0. The van der Waals surface area contributed by atoms with Gasteiger partial charge in [0.25, 0.3) is 0 Å². The minimum atomic E-state index is -0.530. The van der Waals surface area contributed by atoms with Crippen molar-refractivity contribution in [1.82, 2.24) is 0 Å². The summed E-state index contributed by atoms with van der Waals surface area (Å²) < 4.78 is 5.07. The van der Waals surface area contributed by atoms with Gasteiger partial charge in [0.05, 0.1) is 11.9 Å². The van der Waals surface area contributed by atoms with Crippen molar-refractivity contribution in [2.45, 2.75) is 25.4 Å². The van der Waals surface area contributed by atoms with Crippen molar-refractivity contribution in [3.8, 4) is 0 Å². The zero-order valence-corrected chi connectivity index (χ0v) is 5.92. The highest BCUT2D eigenvalue weighted by molar-refractivity contribution is 5.25. The number of aryl methyl sites for hydroxylation is 1. The Labute approximate surface area is 59.5 Å². The average molecular weight is 138 g/mol. The Bertz CT molecular complexity index is 246. The Morgan fingerprint density at radius 1 is 1.60 bits per heavy atom. The molecule has 1 fully saturated rings. The molecule has 2 heteroatoms. The SMILES string of the molecule is Cc1cc(C2(O)CC2)co1. The van der Waals surface area contributed by atoms with Gasteiger partial charge in [-0.05, 0) is 25.8 Å². The first-order valence-electron chi connectivity index (χ1n) is 3.49. The molecule has 1 saturated carbocycles. The maximum absolute atomic E-state index is 9.55. The molecule has 1 heterocycles. The van der Waals surface area contributed by atoms with E-state index >= 15 is 0 Å². The Hall–Kier alpha value is -0.760. The molecular weight excluding hydrogens is 128 g/mol. The fourth-order valence-electron chi connectivity index (χ4n) is 1.09. The lowest BCUT2D eigenvalue weighted by Gasteiger charge is -1.99. The molecule has 1 N–H and O–H groups in total. The molecule has 0 amide bonds. The summed E-state index contributed by atoms with van der Waals surface area (Å²) in [6.07, 6.45) is 3.40. The molecule has 10 heavy (non-hydrogen) atoms. The number of hydrogen-bond acceptors (Lipinski definition) is 2. The first-order chi connectivity index (χ1) is 4.71. The molecule has 2 nitrogen and oxygen atoms in total. The third-order valence-corrected chi connectivity index (χ3v) is 1.99. The summed E-state index contributed by atoms with van der Waals surface area (Å²) in [4.78, 5) is 0. The van der Waals surface area contributed by atoms with Gasteiger partial charge in [-0.3, -0.25) is 0 Å². The van der Waals surface area contributed by atoms with Crippen LogP contribution in [0, 0.1) is 6.92 Å². The molecule has 0 atom stereocenters. The molecule has 1 aromatic rings. The summed E-state index contributed by atoms with van der Waals surface area (Å²) in [6, 6.07) is 1.90. The van der Waals surface area contributed by atoms with Gasteiger partial charge in [0, 0.05) is 5.56 Å². The molecule has 0 aromatic carbocycles. The van der Waals surface area contributed by atoms with E-state index in [9.17, 15) is 5.11 Å². The summed E-state index contributed by atoms with van der Waals surface area (Å²) in [5.41, 5.74) is 0.405. The van der Waals surface area contributed by atoms with Crippen molar-refractivity contribution in [3.63, 3.8) is 0 Å². The zero-order chi connectivity index (χ0) is 7.19. The number of rotatable bonds is 1. The fourth-order valence-corrected chi connectivity index (χ4v) is 1.09. The van der Waals surface area contributed by atoms with E-state index in [4.69, 9.17) is 4.42 Å². The third-order valence-electron chi connectivity index (χ3n) is 1.99. The van der Waals surface area contributed by atoms with Gasteiger partial charge in [-0.25, -0.2) is 0 Å². The van der Waals surface area contributed by atoms with Crippen LogP contribution in [0.3, 0.4) is 0 Å². The summed E-state index contributed by atoms with van der Waals surface area (Å²) in [6.45, 7) is 1.88. The standard InChI is InChI=1S/C8H10O2/c1-6-4-7(5-10-6)8(9)2-3-8/h4-5,9H,2-3H2,1H3. The molecule has 54 valence electrons. The summed E-state index contributed by atoms with van der Waals surface area (Å²) in [7, 11) is 0. The van der Waals surface area contributed by atoms with Gasteiger partial charge in [-0.1, -0.05) is 0 Å². The van der Waals surface area contributed by atoms with Crippen LogP contribution in [0.25, 0.3) is 0 Å². The van der Waals surface area contributed by atoms with Crippen molar-refractivity contribution in [1.29, 1.82) is 0 Å². The van der Waals surface area contributed by atoms with E-state index in [1.807, 2.05) is 13.0 Å². The van der Waals surface area contributed by atoms with E-state index in [2.05, 4.69) is 0 Å². The zero-order valence-electron chi connectivity index (χ0n) is 5.92. The molecule has 0 radical (unpaired) electrons. The van der Waals surface area contributed by atoms with E-state index in [1.54, 1.807) is 6.26 Å². The fraction of sp³-hybridized carbons (Fsp3) is 0.500. The highest BCUT2D eigenvalue weighted by atomic mass is 16.3. The molecular formula is C8H10O2. The van der Waals surface area contributed by atoms with Crippen LogP contribution < -0.4 is 0 Å². The van der Waals surface area contributed by atoms with Gasteiger partial charge in [-0.15, -0.1) is 0 Å². The number of aliphatic hydroxyl groups is 1. The lowest BCUT2D eigenvalue weighted by Crippen LogP contribution is -2.00. The van der Waals surface area contributed by atoms with E-state index in [-0.39, 0.29) is 0 Å². The topological polar surface area (TPSA) is 33.4 Å². The van der Waals surface area contributed by atoms with Gasteiger partial charge >= 0.3 is 0 Å². The predicted octanol–water partition coefficient (Wildman–Crippen LogP) is 1.57. The Kier molecular flexibility index (Phi) is 0.980. The molecule has 1 aliphatic carbocycles. The van der Waals surface area contributed by atoms with E-state index < -0.39 is 5.60 Å². The van der Waals surface area contributed by atoms with Crippen LogP contribution in [0.5, 0.6) is 0 Å². The summed E-state index contributed by atoms with van der Waals surface area (Å²) in [5.74, 6) is 0.871. The normalized spacial score (nSPS) is 21.0. The van der Waals surface area contributed by atoms with Crippen LogP contribution in [-0.4, -0.2) is 5.11 Å². The lowest BCUT2D eigenvalue weighted by molar-refractivity contribution is 0.150.